The fourth-order valence-corrected chi connectivity index (χ4v) is 2.40. The largest absolute Gasteiger partial charge is 0.493 e. The van der Waals surface area contributed by atoms with Crippen LogP contribution in [-0.2, 0) is 6.42 Å². The van der Waals surface area contributed by atoms with Crippen LogP contribution in [0.5, 0.6) is 11.5 Å². The second-order valence-electron chi connectivity index (χ2n) is 5.82. The van der Waals surface area contributed by atoms with Crippen molar-refractivity contribution in [3.63, 3.8) is 0 Å². The molecule has 0 saturated heterocycles. The molecule has 0 fully saturated rings. The third-order valence-corrected chi connectivity index (χ3v) is 4.03. The summed E-state index contributed by atoms with van der Waals surface area (Å²) in [5.74, 6) is 1.41. The Labute approximate surface area is 127 Å². The number of hydrogen-bond acceptors (Lipinski definition) is 3. The number of methoxy groups -OCH3 is 2. The number of halogens is 1. The summed E-state index contributed by atoms with van der Waals surface area (Å²) in [4.78, 5) is 0. The molecule has 0 unspecified atom stereocenters. The Morgan fingerprint density at radius 2 is 1.70 bits per heavy atom. The van der Waals surface area contributed by atoms with E-state index in [0.717, 1.165) is 42.1 Å². The Kier molecular flexibility index (Phi) is 6.63. The highest BCUT2D eigenvalue weighted by molar-refractivity contribution is 6.31. The van der Waals surface area contributed by atoms with Gasteiger partial charge in [0.05, 0.1) is 14.2 Å². The van der Waals surface area contributed by atoms with E-state index in [9.17, 15) is 0 Å². The van der Waals surface area contributed by atoms with Crippen LogP contribution < -0.4 is 14.8 Å². The van der Waals surface area contributed by atoms with E-state index >= 15 is 0 Å². The molecular formula is C16H26ClNO2. The monoisotopic (exact) mass is 299 g/mol. The predicted molar refractivity (Wildman–Crippen MR) is 85.2 cm³/mol. The predicted octanol–water partition coefficient (Wildman–Crippen LogP) is 3.93. The minimum atomic E-state index is 0.291. The lowest BCUT2D eigenvalue weighted by atomic mass is 9.83. The molecule has 0 aromatic heterocycles. The molecule has 4 heteroatoms. The van der Waals surface area contributed by atoms with Gasteiger partial charge in [0.1, 0.15) is 0 Å². The van der Waals surface area contributed by atoms with Crippen LogP contribution >= 0.6 is 11.6 Å². The fourth-order valence-electron chi connectivity index (χ4n) is 2.15. The van der Waals surface area contributed by atoms with Gasteiger partial charge in [-0.15, -0.1) is 0 Å². The number of rotatable bonds is 8. The molecule has 1 aromatic carbocycles. The van der Waals surface area contributed by atoms with E-state index < -0.39 is 0 Å². The Morgan fingerprint density at radius 3 is 2.25 bits per heavy atom. The van der Waals surface area contributed by atoms with E-state index in [4.69, 9.17) is 21.1 Å². The first-order chi connectivity index (χ1) is 9.43. The molecule has 0 aliphatic rings. The van der Waals surface area contributed by atoms with Crippen molar-refractivity contribution in [2.24, 2.45) is 5.41 Å². The second kappa shape index (κ2) is 7.75. The summed E-state index contributed by atoms with van der Waals surface area (Å²) in [5.41, 5.74) is 1.40. The molecule has 114 valence electrons. The van der Waals surface area contributed by atoms with Gasteiger partial charge in [0.2, 0.25) is 0 Å². The normalized spacial score (nSPS) is 11.5. The highest BCUT2D eigenvalue weighted by atomic mass is 35.5. The molecule has 1 rings (SSSR count). The minimum Gasteiger partial charge on any atom is -0.493 e. The molecular weight excluding hydrogens is 274 g/mol. The van der Waals surface area contributed by atoms with Crippen molar-refractivity contribution in [2.75, 3.05) is 27.8 Å². The summed E-state index contributed by atoms with van der Waals surface area (Å²) in [5, 5.41) is 3.95. The molecule has 0 atom stereocenters. The lowest BCUT2D eigenvalue weighted by Crippen LogP contribution is -2.20. The van der Waals surface area contributed by atoms with Crippen LogP contribution in [0.1, 0.15) is 32.3 Å². The van der Waals surface area contributed by atoms with Gasteiger partial charge < -0.3 is 14.8 Å². The van der Waals surface area contributed by atoms with Crippen molar-refractivity contribution < 1.29 is 9.47 Å². The van der Waals surface area contributed by atoms with Crippen molar-refractivity contribution in [1.82, 2.24) is 5.32 Å². The Morgan fingerprint density at radius 1 is 1.10 bits per heavy atom. The first-order valence-electron chi connectivity index (χ1n) is 6.98. The molecule has 0 spiro atoms. The fraction of sp³-hybridized carbons (Fsp3) is 0.625. The third kappa shape index (κ3) is 4.88. The molecule has 0 aliphatic heterocycles. The van der Waals surface area contributed by atoms with Crippen molar-refractivity contribution in [3.05, 3.63) is 22.7 Å². The SMILES string of the molecule is CNCCC(C)(C)CCc1cc(OC)c(OC)cc1Cl. The molecule has 0 amide bonds. The van der Waals surface area contributed by atoms with Gasteiger partial charge >= 0.3 is 0 Å². The quantitative estimate of drug-likeness (QED) is 0.789. The van der Waals surface area contributed by atoms with Gasteiger partial charge in [-0.25, -0.2) is 0 Å². The molecule has 20 heavy (non-hydrogen) atoms. The van der Waals surface area contributed by atoms with Crippen LogP contribution in [0.25, 0.3) is 0 Å². The zero-order valence-corrected chi connectivity index (χ0v) is 13.9. The van der Waals surface area contributed by atoms with Crippen molar-refractivity contribution in [1.29, 1.82) is 0 Å². The Balaban J connectivity index is 2.77. The topological polar surface area (TPSA) is 30.5 Å². The standard InChI is InChI=1S/C16H26ClNO2/c1-16(2,8-9-18-3)7-6-12-10-14(19-4)15(20-5)11-13(12)17/h10-11,18H,6-9H2,1-5H3. The summed E-state index contributed by atoms with van der Waals surface area (Å²) in [6.07, 6.45) is 3.17. The molecule has 1 N–H and O–H groups in total. The Hall–Kier alpha value is -0.930. The molecule has 1 aromatic rings. The average Bonchev–Trinajstić information content (AvgIpc) is 2.43. The van der Waals surface area contributed by atoms with Gasteiger partial charge in [0.15, 0.2) is 11.5 Å². The molecule has 0 aliphatic carbocycles. The van der Waals surface area contributed by atoms with E-state index in [1.165, 1.54) is 0 Å². The lowest BCUT2D eigenvalue weighted by Gasteiger charge is -2.25. The van der Waals surface area contributed by atoms with Crippen molar-refractivity contribution in [3.8, 4) is 11.5 Å². The highest BCUT2D eigenvalue weighted by Gasteiger charge is 2.18. The minimum absolute atomic E-state index is 0.291. The van der Waals surface area contributed by atoms with Crippen LogP contribution in [0.4, 0.5) is 0 Å². The number of nitrogens with one attached hydrogen (secondary N) is 1. The number of aryl methyl sites for hydroxylation is 1. The van der Waals surface area contributed by atoms with E-state index in [2.05, 4.69) is 19.2 Å². The van der Waals surface area contributed by atoms with Gasteiger partial charge in [0.25, 0.3) is 0 Å². The van der Waals surface area contributed by atoms with E-state index in [1.807, 2.05) is 19.2 Å². The number of ether oxygens (including phenoxy) is 2. The van der Waals surface area contributed by atoms with E-state index in [-0.39, 0.29) is 0 Å². The van der Waals surface area contributed by atoms with Crippen molar-refractivity contribution >= 4 is 11.6 Å². The molecule has 0 radical (unpaired) electrons. The van der Waals surface area contributed by atoms with Gasteiger partial charge in [-0.2, -0.15) is 0 Å². The summed E-state index contributed by atoms with van der Waals surface area (Å²) >= 11 is 6.32. The molecule has 3 nitrogen and oxygen atoms in total. The van der Waals surface area contributed by atoms with Gasteiger partial charge in [-0.3, -0.25) is 0 Å². The smallest absolute Gasteiger partial charge is 0.162 e. The Bertz CT molecular complexity index is 433. The summed E-state index contributed by atoms with van der Waals surface area (Å²) in [7, 11) is 5.25. The zero-order chi connectivity index (χ0) is 15.2. The van der Waals surface area contributed by atoms with Crippen LogP contribution in [0.15, 0.2) is 12.1 Å². The lowest BCUT2D eigenvalue weighted by molar-refractivity contribution is 0.305. The zero-order valence-electron chi connectivity index (χ0n) is 13.2. The maximum Gasteiger partial charge on any atom is 0.162 e. The van der Waals surface area contributed by atoms with Crippen molar-refractivity contribution in [2.45, 2.75) is 33.1 Å². The van der Waals surface area contributed by atoms with Gasteiger partial charge in [0, 0.05) is 11.1 Å². The summed E-state index contributed by atoms with van der Waals surface area (Å²) in [6, 6.07) is 3.81. The molecule has 0 heterocycles. The van der Waals surface area contributed by atoms with Gasteiger partial charge in [-0.1, -0.05) is 25.4 Å². The maximum atomic E-state index is 6.32. The number of hydrogen-bond donors (Lipinski definition) is 1. The molecule has 0 bridgehead atoms. The summed E-state index contributed by atoms with van der Waals surface area (Å²) < 4.78 is 10.6. The second-order valence-corrected chi connectivity index (χ2v) is 6.22. The van der Waals surface area contributed by atoms with E-state index in [1.54, 1.807) is 14.2 Å². The number of benzene rings is 1. The average molecular weight is 300 g/mol. The summed E-state index contributed by atoms with van der Waals surface area (Å²) in [6.45, 7) is 5.62. The van der Waals surface area contributed by atoms with Crippen LogP contribution in [0.2, 0.25) is 5.02 Å². The molecule has 0 saturated carbocycles. The third-order valence-electron chi connectivity index (χ3n) is 3.68. The first kappa shape index (κ1) is 17.1. The van der Waals surface area contributed by atoms with Gasteiger partial charge in [-0.05, 0) is 49.9 Å². The van der Waals surface area contributed by atoms with E-state index in [0.29, 0.717) is 11.2 Å². The van der Waals surface area contributed by atoms with Crippen LogP contribution in [-0.4, -0.2) is 27.8 Å². The maximum absolute atomic E-state index is 6.32. The highest BCUT2D eigenvalue weighted by Crippen LogP contribution is 2.35. The van der Waals surface area contributed by atoms with Crippen LogP contribution in [0.3, 0.4) is 0 Å². The first-order valence-corrected chi connectivity index (χ1v) is 7.36. The van der Waals surface area contributed by atoms with Crippen LogP contribution in [0, 0.1) is 5.41 Å².